The Morgan fingerprint density at radius 1 is 1.45 bits per heavy atom. The molecule has 0 heterocycles. The summed E-state index contributed by atoms with van der Waals surface area (Å²) in [5.41, 5.74) is 3.47. The number of hydrogen-bond donors (Lipinski definition) is 1. The van der Waals surface area contributed by atoms with Gasteiger partial charge in [-0.2, -0.15) is 0 Å². The van der Waals surface area contributed by atoms with Crippen molar-refractivity contribution in [2.75, 3.05) is 0 Å². The van der Waals surface area contributed by atoms with Crippen molar-refractivity contribution in [3.63, 3.8) is 0 Å². The first kappa shape index (κ1) is 8.28. The fraction of sp³-hybridized carbons (Fsp3) is 0.300. The highest BCUT2D eigenvalue weighted by Gasteiger charge is 1.96. The molecule has 0 aromatic heterocycles. The smallest absolute Gasteiger partial charge is 0.109 e. The highest BCUT2D eigenvalue weighted by molar-refractivity contribution is 5.33. The van der Waals surface area contributed by atoms with E-state index in [0.717, 1.165) is 18.6 Å². The summed E-state index contributed by atoms with van der Waals surface area (Å²) in [7, 11) is 0. The SMILES string of the molecule is CCc1cc([CH]O)ccc1C. The lowest BCUT2D eigenvalue weighted by Gasteiger charge is -2.03. The summed E-state index contributed by atoms with van der Waals surface area (Å²) in [5, 5.41) is 8.72. The molecule has 1 aromatic carbocycles. The largest absolute Gasteiger partial charge is 0.385 e. The van der Waals surface area contributed by atoms with Crippen molar-refractivity contribution in [3.05, 3.63) is 41.5 Å². The van der Waals surface area contributed by atoms with E-state index in [1.54, 1.807) is 0 Å². The van der Waals surface area contributed by atoms with Crippen molar-refractivity contribution in [1.29, 1.82) is 0 Å². The number of hydrogen-bond acceptors (Lipinski definition) is 1. The zero-order valence-corrected chi connectivity index (χ0v) is 6.96. The number of aliphatic hydroxyl groups excluding tert-OH is 1. The van der Waals surface area contributed by atoms with Crippen molar-refractivity contribution in [2.45, 2.75) is 20.3 Å². The number of aliphatic hydroxyl groups is 1. The molecule has 0 aliphatic carbocycles. The maximum absolute atomic E-state index is 8.72. The molecule has 1 N–H and O–H groups in total. The molecule has 0 saturated carbocycles. The molecule has 0 bridgehead atoms. The minimum Gasteiger partial charge on any atom is -0.385 e. The molecule has 0 amide bonds. The lowest BCUT2D eigenvalue weighted by molar-refractivity contribution is 0.415. The highest BCUT2D eigenvalue weighted by atomic mass is 16.3. The van der Waals surface area contributed by atoms with E-state index < -0.39 is 0 Å². The van der Waals surface area contributed by atoms with Gasteiger partial charge in [0.1, 0.15) is 6.61 Å². The molecule has 1 heteroatoms. The molecule has 0 atom stereocenters. The summed E-state index contributed by atoms with van der Waals surface area (Å²) < 4.78 is 0. The number of rotatable bonds is 2. The number of aryl methyl sites for hydroxylation is 2. The second kappa shape index (κ2) is 3.54. The molecule has 0 spiro atoms. The van der Waals surface area contributed by atoms with Gasteiger partial charge in [0.2, 0.25) is 0 Å². The van der Waals surface area contributed by atoms with Crippen molar-refractivity contribution in [1.82, 2.24) is 0 Å². The van der Waals surface area contributed by atoms with Gasteiger partial charge in [-0.1, -0.05) is 25.1 Å². The molecule has 1 radical (unpaired) electrons. The van der Waals surface area contributed by atoms with E-state index in [1.165, 1.54) is 11.1 Å². The molecular formula is C10H13O. The third-order valence-electron chi connectivity index (χ3n) is 1.90. The van der Waals surface area contributed by atoms with Crippen molar-refractivity contribution >= 4 is 0 Å². The number of benzene rings is 1. The maximum atomic E-state index is 8.72. The second-order valence-corrected chi connectivity index (χ2v) is 2.67. The van der Waals surface area contributed by atoms with Gasteiger partial charge in [0.05, 0.1) is 0 Å². The van der Waals surface area contributed by atoms with Crippen LogP contribution in [0.25, 0.3) is 0 Å². The van der Waals surface area contributed by atoms with E-state index in [9.17, 15) is 0 Å². The Hall–Kier alpha value is -0.820. The Morgan fingerprint density at radius 2 is 2.18 bits per heavy atom. The van der Waals surface area contributed by atoms with Crippen LogP contribution in [0.4, 0.5) is 0 Å². The second-order valence-electron chi connectivity index (χ2n) is 2.67. The Bertz CT molecular complexity index is 241. The van der Waals surface area contributed by atoms with Gasteiger partial charge in [-0.05, 0) is 30.0 Å². The van der Waals surface area contributed by atoms with Gasteiger partial charge in [0.15, 0.2) is 0 Å². The molecule has 0 unspecified atom stereocenters. The summed E-state index contributed by atoms with van der Waals surface area (Å²) in [6, 6.07) is 5.95. The van der Waals surface area contributed by atoms with E-state index in [1.807, 2.05) is 18.2 Å². The van der Waals surface area contributed by atoms with E-state index in [-0.39, 0.29) is 0 Å². The first-order valence-electron chi connectivity index (χ1n) is 3.85. The van der Waals surface area contributed by atoms with Crippen LogP contribution in [0.15, 0.2) is 18.2 Å². The molecule has 59 valence electrons. The topological polar surface area (TPSA) is 20.2 Å². The molecule has 1 rings (SSSR count). The predicted octanol–water partition coefficient (Wildman–Crippen LogP) is 2.44. The molecule has 1 aromatic rings. The van der Waals surface area contributed by atoms with Crippen LogP contribution in [0, 0.1) is 13.5 Å². The minimum atomic E-state index is 0.882. The average Bonchev–Trinajstić information content (AvgIpc) is 2.05. The lowest BCUT2D eigenvalue weighted by atomic mass is 10.0. The van der Waals surface area contributed by atoms with Crippen LogP contribution >= 0.6 is 0 Å². The molecule has 11 heavy (non-hydrogen) atoms. The van der Waals surface area contributed by atoms with Gasteiger partial charge in [0, 0.05) is 0 Å². The van der Waals surface area contributed by atoms with Gasteiger partial charge >= 0.3 is 0 Å². The zero-order chi connectivity index (χ0) is 8.27. The normalized spacial score (nSPS) is 10.1. The Kier molecular flexibility index (Phi) is 2.66. The van der Waals surface area contributed by atoms with Crippen LogP contribution in [0.2, 0.25) is 0 Å². The first-order chi connectivity index (χ1) is 5.27. The molecule has 0 aliphatic rings. The third kappa shape index (κ3) is 1.81. The predicted molar refractivity (Wildman–Crippen MR) is 45.9 cm³/mol. The Labute approximate surface area is 67.7 Å². The molecular weight excluding hydrogens is 136 g/mol. The van der Waals surface area contributed by atoms with Gasteiger partial charge in [0.25, 0.3) is 0 Å². The summed E-state index contributed by atoms with van der Waals surface area (Å²) in [4.78, 5) is 0. The van der Waals surface area contributed by atoms with Crippen molar-refractivity contribution < 1.29 is 5.11 Å². The molecule has 0 fully saturated rings. The summed E-state index contributed by atoms with van der Waals surface area (Å²) in [5.74, 6) is 0. The van der Waals surface area contributed by atoms with E-state index in [0.29, 0.717) is 0 Å². The van der Waals surface area contributed by atoms with Gasteiger partial charge in [-0.15, -0.1) is 0 Å². The van der Waals surface area contributed by atoms with Crippen LogP contribution in [0.5, 0.6) is 0 Å². The van der Waals surface area contributed by atoms with E-state index in [2.05, 4.69) is 13.8 Å². The zero-order valence-electron chi connectivity index (χ0n) is 6.96. The average molecular weight is 149 g/mol. The highest BCUT2D eigenvalue weighted by Crippen LogP contribution is 2.11. The van der Waals surface area contributed by atoms with E-state index in [4.69, 9.17) is 5.11 Å². The Morgan fingerprint density at radius 3 is 2.73 bits per heavy atom. The molecule has 0 saturated heterocycles. The third-order valence-corrected chi connectivity index (χ3v) is 1.90. The Balaban J connectivity index is 3.02. The fourth-order valence-electron chi connectivity index (χ4n) is 1.15. The minimum absolute atomic E-state index is 0.882. The van der Waals surface area contributed by atoms with Crippen molar-refractivity contribution in [3.8, 4) is 0 Å². The van der Waals surface area contributed by atoms with Crippen molar-refractivity contribution in [2.24, 2.45) is 0 Å². The fourth-order valence-corrected chi connectivity index (χ4v) is 1.15. The summed E-state index contributed by atoms with van der Waals surface area (Å²) in [6.45, 7) is 5.34. The van der Waals surface area contributed by atoms with Gasteiger partial charge < -0.3 is 5.11 Å². The lowest BCUT2D eigenvalue weighted by Crippen LogP contribution is -1.88. The van der Waals surface area contributed by atoms with Crippen LogP contribution in [0.3, 0.4) is 0 Å². The molecule has 0 aliphatic heterocycles. The summed E-state index contributed by atoms with van der Waals surface area (Å²) in [6.07, 6.45) is 1.02. The van der Waals surface area contributed by atoms with E-state index >= 15 is 0 Å². The maximum Gasteiger partial charge on any atom is 0.109 e. The molecule has 1 nitrogen and oxygen atoms in total. The van der Waals surface area contributed by atoms with Crippen LogP contribution in [-0.4, -0.2) is 5.11 Å². The standard InChI is InChI=1S/C10H13O/c1-3-10-6-9(7-11)5-4-8(10)2/h4-7,11H,3H2,1-2H3. The monoisotopic (exact) mass is 149 g/mol. The van der Waals surface area contributed by atoms with Crippen LogP contribution in [0.1, 0.15) is 23.6 Å². The van der Waals surface area contributed by atoms with Crippen LogP contribution < -0.4 is 0 Å². The van der Waals surface area contributed by atoms with Crippen LogP contribution in [-0.2, 0) is 6.42 Å². The van der Waals surface area contributed by atoms with Gasteiger partial charge in [-0.25, -0.2) is 0 Å². The summed E-state index contributed by atoms with van der Waals surface area (Å²) >= 11 is 0. The quantitative estimate of drug-likeness (QED) is 0.684. The van der Waals surface area contributed by atoms with Gasteiger partial charge in [-0.3, -0.25) is 0 Å². The first-order valence-corrected chi connectivity index (χ1v) is 3.85.